The molecule has 0 radical (unpaired) electrons. The zero-order valence-corrected chi connectivity index (χ0v) is 16.5. The van der Waals surface area contributed by atoms with Gasteiger partial charge < -0.3 is 10.4 Å². The van der Waals surface area contributed by atoms with Gasteiger partial charge in [0.15, 0.2) is 0 Å². The van der Waals surface area contributed by atoms with Gasteiger partial charge >= 0.3 is 0 Å². The standard InChI is InChI=1S/C23H26N2O2/c1-14(2)20-11-17(12-21(15(3)4)22(20)26)10-18(13-24)23(27)25-19-8-6-7-16(5)9-19/h6-12,14-15,26H,1-5H3,(H,25,27)/b18-10+. The third kappa shape index (κ3) is 4.98. The Hall–Kier alpha value is -3.06. The van der Waals surface area contributed by atoms with Gasteiger partial charge in [-0.05, 0) is 71.4 Å². The number of benzene rings is 2. The molecule has 0 bridgehead atoms. The normalized spacial score (nSPS) is 11.6. The van der Waals surface area contributed by atoms with Crippen molar-refractivity contribution in [1.29, 1.82) is 5.26 Å². The first-order valence-electron chi connectivity index (χ1n) is 9.09. The lowest BCUT2D eigenvalue weighted by Crippen LogP contribution is -2.13. The summed E-state index contributed by atoms with van der Waals surface area (Å²) >= 11 is 0. The molecule has 0 atom stereocenters. The number of nitriles is 1. The van der Waals surface area contributed by atoms with E-state index >= 15 is 0 Å². The Bertz CT molecular complexity index is 889. The van der Waals surface area contributed by atoms with E-state index in [9.17, 15) is 15.2 Å². The Morgan fingerprint density at radius 1 is 1.11 bits per heavy atom. The summed E-state index contributed by atoms with van der Waals surface area (Å²) in [5, 5.41) is 22.7. The predicted molar refractivity (Wildman–Crippen MR) is 110 cm³/mol. The van der Waals surface area contributed by atoms with Crippen LogP contribution in [-0.4, -0.2) is 11.0 Å². The Morgan fingerprint density at radius 2 is 1.70 bits per heavy atom. The van der Waals surface area contributed by atoms with Gasteiger partial charge in [-0.15, -0.1) is 0 Å². The van der Waals surface area contributed by atoms with E-state index < -0.39 is 5.91 Å². The SMILES string of the molecule is Cc1cccc(NC(=O)/C(C#N)=C/c2cc(C(C)C)c(O)c(C(C)C)c2)c1. The molecule has 0 aromatic heterocycles. The molecule has 27 heavy (non-hydrogen) atoms. The van der Waals surface area contributed by atoms with E-state index in [0.717, 1.165) is 22.3 Å². The Labute approximate surface area is 161 Å². The lowest BCUT2D eigenvalue weighted by Gasteiger charge is -2.16. The Kier molecular flexibility index (Phi) is 6.41. The van der Waals surface area contributed by atoms with E-state index in [1.165, 1.54) is 0 Å². The van der Waals surface area contributed by atoms with Crippen LogP contribution in [0.3, 0.4) is 0 Å². The highest BCUT2D eigenvalue weighted by atomic mass is 16.3. The van der Waals surface area contributed by atoms with Gasteiger partial charge in [0.05, 0.1) is 0 Å². The van der Waals surface area contributed by atoms with Crippen molar-refractivity contribution < 1.29 is 9.90 Å². The molecule has 0 spiro atoms. The van der Waals surface area contributed by atoms with Crippen LogP contribution in [0.25, 0.3) is 6.08 Å². The average molecular weight is 362 g/mol. The summed E-state index contributed by atoms with van der Waals surface area (Å²) in [6.45, 7) is 9.95. The summed E-state index contributed by atoms with van der Waals surface area (Å²) in [7, 11) is 0. The van der Waals surface area contributed by atoms with E-state index in [1.807, 2.05) is 71.0 Å². The molecule has 4 nitrogen and oxygen atoms in total. The van der Waals surface area contributed by atoms with Crippen LogP contribution in [0.5, 0.6) is 5.75 Å². The maximum atomic E-state index is 12.5. The van der Waals surface area contributed by atoms with Gasteiger partial charge in [0.25, 0.3) is 5.91 Å². The van der Waals surface area contributed by atoms with Crippen LogP contribution in [0.1, 0.15) is 61.8 Å². The van der Waals surface area contributed by atoms with Gasteiger partial charge in [-0.3, -0.25) is 4.79 Å². The summed E-state index contributed by atoms with van der Waals surface area (Å²) in [5.74, 6) is 0.0956. The van der Waals surface area contributed by atoms with Crippen molar-refractivity contribution in [2.75, 3.05) is 5.32 Å². The van der Waals surface area contributed by atoms with Crippen molar-refractivity contribution >= 4 is 17.7 Å². The van der Waals surface area contributed by atoms with Crippen LogP contribution >= 0.6 is 0 Å². The molecule has 0 fully saturated rings. The van der Waals surface area contributed by atoms with E-state index in [0.29, 0.717) is 11.4 Å². The number of hydrogen-bond donors (Lipinski definition) is 2. The van der Waals surface area contributed by atoms with Crippen LogP contribution in [0.2, 0.25) is 0 Å². The predicted octanol–water partition coefficient (Wildman–Crippen LogP) is 5.49. The zero-order chi connectivity index (χ0) is 20.1. The number of amides is 1. The van der Waals surface area contributed by atoms with Gasteiger partial charge in [-0.25, -0.2) is 0 Å². The van der Waals surface area contributed by atoms with E-state index in [-0.39, 0.29) is 17.4 Å². The minimum Gasteiger partial charge on any atom is -0.507 e. The van der Waals surface area contributed by atoms with Crippen LogP contribution < -0.4 is 5.32 Å². The number of phenolic OH excluding ortho intramolecular Hbond substituents is 1. The first kappa shape index (κ1) is 20.3. The van der Waals surface area contributed by atoms with Gasteiger partial charge in [0.2, 0.25) is 0 Å². The molecule has 0 aliphatic heterocycles. The summed E-state index contributed by atoms with van der Waals surface area (Å²) < 4.78 is 0. The summed E-state index contributed by atoms with van der Waals surface area (Å²) in [4.78, 5) is 12.5. The molecule has 140 valence electrons. The number of nitrogens with one attached hydrogen (secondary N) is 1. The van der Waals surface area contributed by atoms with Crippen LogP contribution in [0.4, 0.5) is 5.69 Å². The molecular weight excluding hydrogens is 336 g/mol. The smallest absolute Gasteiger partial charge is 0.266 e. The highest BCUT2D eigenvalue weighted by molar-refractivity contribution is 6.09. The molecule has 0 saturated carbocycles. The fourth-order valence-electron chi connectivity index (χ4n) is 2.90. The number of carbonyl (C=O) groups excluding carboxylic acids is 1. The largest absolute Gasteiger partial charge is 0.507 e. The van der Waals surface area contributed by atoms with Crippen LogP contribution in [0, 0.1) is 18.3 Å². The minimum absolute atomic E-state index is 0.0200. The van der Waals surface area contributed by atoms with E-state index in [2.05, 4.69) is 5.32 Å². The van der Waals surface area contributed by atoms with Gasteiger partial charge in [0, 0.05) is 5.69 Å². The van der Waals surface area contributed by atoms with Gasteiger partial charge in [-0.2, -0.15) is 5.26 Å². The zero-order valence-electron chi connectivity index (χ0n) is 16.5. The molecule has 1 amide bonds. The number of anilines is 1. The average Bonchev–Trinajstić information content (AvgIpc) is 2.60. The van der Waals surface area contributed by atoms with Gasteiger partial charge in [-0.1, -0.05) is 39.8 Å². The van der Waals surface area contributed by atoms with E-state index in [1.54, 1.807) is 12.1 Å². The van der Waals surface area contributed by atoms with E-state index in [4.69, 9.17) is 0 Å². The molecule has 0 saturated heterocycles. The lowest BCUT2D eigenvalue weighted by molar-refractivity contribution is -0.112. The molecule has 4 heteroatoms. The van der Waals surface area contributed by atoms with Crippen molar-refractivity contribution in [3.05, 3.63) is 64.2 Å². The van der Waals surface area contributed by atoms with Crippen LogP contribution in [0.15, 0.2) is 42.0 Å². The number of hydrogen-bond acceptors (Lipinski definition) is 3. The second-order valence-corrected chi connectivity index (χ2v) is 7.35. The lowest BCUT2D eigenvalue weighted by atomic mass is 9.91. The number of aryl methyl sites for hydroxylation is 1. The maximum absolute atomic E-state index is 12.5. The molecule has 0 heterocycles. The van der Waals surface area contributed by atoms with Crippen LogP contribution in [-0.2, 0) is 4.79 Å². The van der Waals surface area contributed by atoms with Crippen molar-refractivity contribution in [3.63, 3.8) is 0 Å². The molecule has 0 aliphatic rings. The molecule has 2 aromatic carbocycles. The first-order chi connectivity index (χ1) is 12.7. The molecule has 0 unspecified atom stereocenters. The highest BCUT2D eigenvalue weighted by Crippen LogP contribution is 2.35. The maximum Gasteiger partial charge on any atom is 0.266 e. The molecule has 0 aliphatic carbocycles. The third-order valence-corrected chi connectivity index (χ3v) is 4.39. The topological polar surface area (TPSA) is 73.1 Å². The van der Waals surface area contributed by atoms with Crippen molar-refractivity contribution in [1.82, 2.24) is 0 Å². The summed E-state index contributed by atoms with van der Waals surface area (Å²) in [6.07, 6.45) is 1.57. The summed E-state index contributed by atoms with van der Waals surface area (Å²) in [6, 6.07) is 13.1. The second-order valence-electron chi connectivity index (χ2n) is 7.35. The Morgan fingerprint density at radius 3 is 2.19 bits per heavy atom. The highest BCUT2D eigenvalue weighted by Gasteiger charge is 2.16. The quantitative estimate of drug-likeness (QED) is 0.545. The molecular formula is C23H26N2O2. The number of nitrogens with zero attached hydrogens (tertiary/aromatic N) is 1. The second kappa shape index (κ2) is 8.55. The molecule has 2 N–H and O–H groups in total. The number of rotatable bonds is 5. The Balaban J connectivity index is 2.42. The number of carbonyl (C=O) groups is 1. The fraction of sp³-hybridized carbons (Fsp3) is 0.304. The van der Waals surface area contributed by atoms with Crippen molar-refractivity contribution in [2.45, 2.75) is 46.5 Å². The first-order valence-corrected chi connectivity index (χ1v) is 9.09. The number of phenols is 1. The molecule has 2 rings (SSSR count). The fourth-order valence-corrected chi connectivity index (χ4v) is 2.90. The monoisotopic (exact) mass is 362 g/mol. The molecule has 2 aromatic rings. The van der Waals surface area contributed by atoms with Crippen molar-refractivity contribution in [2.24, 2.45) is 0 Å². The third-order valence-electron chi connectivity index (χ3n) is 4.39. The van der Waals surface area contributed by atoms with Crippen molar-refractivity contribution in [3.8, 4) is 11.8 Å². The summed E-state index contributed by atoms with van der Waals surface area (Å²) in [5.41, 5.74) is 4.05. The minimum atomic E-state index is -0.451. The van der Waals surface area contributed by atoms with Gasteiger partial charge in [0.1, 0.15) is 17.4 Å². The number of aromatic hydroxyl groups is 1.